The van der Waals surface area contributed by atoms with E-state index in [-0.39, 0.29) is 37.9 Å². The van der Waals surface area contributed by atoms with Crippen LogP contribution < -0.4 is 5.32 Å². The van der Waals surface area contributed by atoms with Crippen LogP contribution in [0.1, 0.15) is 50.2 Å². The minimum Gasteiger partial charge on any atom is -0.322 e. The van der Waals surface area contributed by atoms with Crippen LogP contribution in [0.4, 0.5) is 5.69 Å². The maximum absolute atomic E-state index is 13.2. The van der Waals surface area contributed by atoms with Gasteiger partial charge in [-0.2, -0.15) is 0 Å². The van der Waals surface area contributed by atoms with Crippen LogP contribution in [-0.2, 0) is 37.5 Å². The molecule has 0 aromatic heterocycles. The van der Waals surface area contributed by atoms with E-state index in [0.717, 1.165) is 18.5 Å². The van der Waals surface area contributed by atoms with E-state index in [1.54, 1.807) is 0 Å². The van der Waals surface area contributed by atoms with Crippen molar-refractivity contribution in [3.8, 4) is 0 Å². The molecule has 2 fully saturated rings. The molecule has 23 heavy (non-hydrogen) atoms. The van der Waals surface area contributed by atoms with Crippen molar-refractivity contribution in [3.63, 3.8) is 0 Å². The summed E-state index contributed by atoms with van der Waals surface area (Å²) in [5.41, 5.74) is 3.40. The molecular formula is C19H29NOPY+. The van der Waals surface area contributed by atoms with Crippen molar-refractivity contribution in [2.24, 2.45) is 0 Å². The van der Waals surface area contributed by atoms with E-state index >= 15 is 0 Å². The maximum Gasteiger partial charge on any atom is 0.268 e. The molecule has 0 atom stereocenters. The van der Waals surface area contributed by atoms with Crippen LogP contribution in [0.5, 0.6) is 0 Å². The number of carbonyl (C=O) groups is 1. The van der Waals surface area contributed by atoms with Gasteiger partial charge in [0, 0.05) is 58.5 Å². The Morgan fingerprint density at radius 3 is 2.17 bits per heavy atom. The molecule has 1 aromatic carbocycles. The summed E-state index contributed by atoms with van der Waals surface area (Å²) in [6.45, 7) is 6.52. The Kier molecular flexibility index (Phi) is 6.48. The van der Waals surface area contributed by atoms with Crippen molar-refractivity contribution in [2.45, 2.75) is 58.0 Å². The Hall–Kier alpha value is 0.224. The summed E-state index contributed by atoms with van der Waals surface area (Å²) in [5, 5.41) is 3.35. The van der Waals surface area contributed by atoms with Crippen LogP contribution in [0.15, 0.2) is 18.2 Å². The molecule has 1 saturated carbocycles. The molecule has 1 radical (unpaired) electrons. The number of nitrogens with one attached hydrogen (secondary N) is 1. The van der Waals surface area contributed by atoms with Gasteiger partial charge >= 0.3 is 0 Å². The molecule has 1 saturated heterocycles. The zero-order valence-electron chi connectivity index (χ0n) is 14.8. The number of hydrogen-bond donors (Lipinski definition) is 1. The van der Waals surface area contributed by atoms with Crippen molar-refractivity contribution in [1.29, 1.82) is 0 Å². The van der Waals surface area contributed by atoms with Gasteiger partial charge in [0.1, 0.15) is 0 Å². The summed E-state index contributed by atoms with van der Waals surface area (Å²) < 4.78 is 0. The predicted molar refractivity (Wildman–Crippen MR) is 97.6 cm³/mol. The summed E-state index contributed by atoms with van der Waals surface area (Å²) in [4.78, 5) is 13.2. The number of anilines is 1. The van der Waals surface area contributed by atoms with Gasteiger partial charge in [0.25, 0.3) is 5.91 Å². The SMILES string of the molecule is CC[P+]1(C2(C(=O)Nc3c(C)cccc3C)CC2)CCCCC1.[Y]. The summed E-state index contributed by atoms with van der Waals surface area (Å²) >= 11 is 0. The molecule has 4 heteroatoms. The molecule has 123 valence electrons. The minimum atomic E-state index is -1.10. The fourth-order valence-electron chi connectivity index (χ4n) is 4.44. The van der Waals surface area contributed by atoms with Gasteiger partial charge in [-0.05, 0) is 51.2 Å². The van der Waals surface area contributed by atoms with Crippen LogP contribution in [0.3, 0.4) is 0 Å². The van der Waals surface area contributed by atoms with Crippen molar-refractivity contribution >= 4 is 18.9 Å². The third-order valence-corrected chi connectivity index (χ3v) is 12.1. The summed E-state index contributed by atoms with van der Waals surface area (Å²) in [6.07, 6.45) is 10.3. The third-order valence-electron chi connectivity index (χ3n) is 6.05. The monoisotopic (exact) mass is 407 g/mol. The van der Waals surface area contributed by atoms with E-state index in [4.69, 9.17) is 0 Å². The number of amides is 1. The first-order chi connectivity index (χ1) is 10.5. The molecule has 1 amide bonds. The van der Waals surface area contributed by atoms with Crippen LogP contribution in [0.25, 0.3) is 0 Å². The molecule has 1 aliphatic heterocycles. The number of rotatable bonds is 4. The Bertz CT molecular complexity index is 556. The standard InChI is InChI=1S/C19H28NOP.Y/c1-4-22(13-6-5-7-14-22)19(11-12-19)18(21)20-17-15(2)9-8-10-16(17)3;/h8-10H,4-7,11-14H2,1-3H3;/p+1. The van der Waals surface area contributed by atoms with E-state index in [1.807, 2.05) is 0 Å². The van der Waals surface area contributed by atoms with Crippen molar-refractivity contribution < 1.29 is 37.5 Å². The average Bonchev–Trinajstić information content (AvgIpc) is 3.34. The minimum absolute atomic E-state index is 0. The Morgan fingerprint density at radius 1 is 1.13 bits per heavy atom. The molecule has 3 rings (SSSR count). The Morgan fingerprint density at radius 2 is 1.70 bits per heavy atom. The second kappa shape index (κ2) is 7.63. The average molecular weight is 407 g/mol. The number of aryl methyl sites for hydroxylation is 2. The predicted octanol–water partition coefficient (Wildman–Crippen LogP) is 4.99. The second-order valence-electron chi connectivity index (χ2n) is 7.22. The van der Waals surface area contributed by atoms with Crippen molar-refractivity contribution in [3.05, 3.63) is 29.3 Å². The van der Waals surface area contributed by atoms with E-state index in [1.165, 1.54) is 48.9 Å². The Balaban J connectivity index is 0.00000192. The maximum atomic E-state index is 13.2. The van der Waals surface area contributed by atoms with Gasteiger partial charge in [0.15, 0.2) is 5.16 Å². The molecule has 0 spiro atoms. The molecule has 2 aliphatic rings. The summed E-state index contributed by atoms with van der Waals surface area (Å²) in [6, 6.07) is 6.25. The molecule has 1 aromatic rings. The van der Waals surface area contributed by atoms with Gasteiger partial charge in [0.2, 0.25) is 0 Å². The zero-order valence-corrected chi connectivity index (χ0v) is 18.6. The first-order valence-corrected chi connectivity index (χ1v) is 11.1. The third kappa shape index (κ3) is 3.46. The van der Waals surface area contributed by atoms with Gasteiger partial charge in [-0.1, -0.05) is 18.2 Å². The van der Waals surface area contributed by atoms with Gasteiger partial charge in [0.05, 0.1) is 18.5 Å². The molecule has 1 N–H and O–H groups in total. The molecule has 2 nitrogen and oxygen atoms in total. The van der Waals surface area contributed by atoms with Gasteiger partial charge in [-0.25, -0.2) is 0 Å². The van der Waals surface area contributed by atoms with Crippen LogP contribution >= 0.6 is 7.26 Å². The molecule has 1 heterocycles. The number of carbonyl (C=O) groups excluding carboxylic acids is 1. The van der Waals surface area contributed by atoms with Crippen molar-refractivity contribution in [1.82, 2.24) is 0 Å². The van der Waals surface area contributed by atoms with E-state index in [9.17, 15) is 4.79 Å². The van der Waals surface area contributed by atoms with Crippen LogP contribution in [0.2, 0.25) is 0 Å². The van der Waals surface area contributed by atoms with Crippen LogP contribution in [-0.4, -0.2) is 29.5 Å². The summed E-state index contributed by atoms with van der Waals surface area (Å²) in [7, 11) is -1.10. The fourth-order valence-corrected chi connectivity index (χ4v) is 9.96. The smallest absolute Gasteiger partial charge is 0.268 e. The quantitative estimate of drug-likeness (QED) is 0.700. The van der Waals surface area contributed by atoms with Gasteiger partial charge in [-0.15, -0.1) is 0 Å². The number of hydrogen-bond acceptors (Lipinski definition) is 1. The first-order valence-electron chi connectivity index (χ1n) is 8.78. The van der Waals surface area contributed by atoms with Crippen LogP contribution in [0, 0.1) is 13.8 Å². The van der Waals surface area contributed by atoms with Crippen molar-refractivity contribution in [2.75, 3.05) is 23.8 Å². The zero-order chi connectivity index (χ0) is 15.8. The van der Waals surface area contributed by atoms with E-state index in [2.05, 4.69) is 44.3 Å². The molecule has 0 unspecified atom stereocenters. The van der Waals surface area contributed by atoms with Gasteiger partial charge < -0.3 is 5.32 Å². The van der Waals surface area contributed by atoms with Gasteiger partial charge in [-0.3, -0.25) is 4.79 Å². The number of para-hydroxylation sites is 1. The first kappa shape index (κ1) is 19.5. The van der Waals surface area contributed by atoms with E-state index in [0.29, 0.717) is 5.91 Å². The molecular weight excluding hydrogens is 378 g/mol. The Labute approximate surface area is 166 Å². The topological polar surface area (TPSA) is 29.1 Å². The molecule has 1 aliphatic carbocycles. The van der Waals surface area contributed by atoms with E-state index < -0.39 is 7.26 Å². The normalized spacial score (nSPS) is 21.2. The fraction of sp³-hybridized carbons (Fsp3) is 0.632. The molecule has 0 bridgehead atoms. The largest absolute Gasteiger partial charge is 0.322 e. The number of benzene rings is 1. The second-order valence-corrected chi connectivity index (χ2v) is 11.9. The summed E-state index contributed by atoms with van der Waals surface area (Å²) in [5.74, 6) is 0.335.